The summed E-state index contributed by atoms with van der Waals surface area (Å²) < 4.78 is 0.644. The van der Waals surface area contributed by atoms with Crippen molar-refractivity contribution in [1.82, 2.24) is 0 Å². The van der Waals surface area contributed by atoms with Crippen molar-refractivity contribution in [3.05, 3.63) is 48.7 Å². The Kier molecular flexibility index (Phi) is 5.88. The zero-order valence-corrected chi connectivity index (χ0v) is 10.6. The first-order valence-electron chi connectivity index (χ1n) is 5.07. The summed E-state index contributed by atoms with van der Waals surface area (Å²) in [5.41, 5.74) is 1.27. The van der Waals surface area contributed by atoms with Gasteiger partial charge in [-0.15, -0.1) is 6.42 Å². The summed E-state index contributed by atoms with van der Waals surface area (Å²) in [6.07, 6.45) is 8.34. The van der Waals surface area contributed by atoms with Gasteiger partial charge in [-0.25, -0.2) is 0 Å². The van der Waals surface area contributed by atoms with E-state index >= 15 is 0 Å². The van der Waals surface area contributed by atoms with Gasteiger partial charge in [-0.05, 0) is 18.1 Å². The summed E-state index contributed by atoms with van der Waals surface area (Å²) in [5.74, 6) is 2.84. The minimum Gasteiger partial charge on any atom is -1.00 e. The van der Waals surface area contributed by atoms with E-state index in [4.69, 9.17) is 6.42 Å². The highest BCUT2D eigenvalue weighted by Gasteiger charge is 2.23. The molecule has 1 atom stereocenters. The fraction of sp³-hybridized carbons (Fsp3) is 0.286. The maximum atomic E-state index is 5.57. The first kappa shape index (κ1) is 14.8. The molecule has 0 N–H and O–H groups in total. The van der Waals surface area contributed by atoms with E-state index in [1.807, 2.05) is 24.4 Å². The molecule has 0 aliphatic carbocycles. The predicted molar refractivity (Wildman–Crippen MR) is 65.1 cm³/mol. The molecule has 0 amide bonds. The molecule has 0 bridgehead atoms. The monoisotopic (exact) mass is 235 g/mol. The molecule has 0 aliphatic rings. The van der Waals surface area contributed by atoms with Gasteiger partial charge in [0.05, 0.1) is 20.3 Å². The Bertz CT molecular complexity index is 362. The summed E-state index contributed by atoms with van der Waals surface area (Å²) in [7, 11) is 4.14. The van der Waals surface area contributed by atoms with Gasteiger partial charge in [0.15, 0.2) is 6.04 Å². The van der Waals surface area contributed by atoms with Crippen LogP contribution in [0.4, 0.5) is 0 Å². The highest BCUT2D eigenvalue weighted by molar-refractivity contribution is 5.18. The third-order valence-corrected chi connectivity index (χ3v) is 2.74. The van der Waals surface area contributed by atoms with Crippen molar-refractivity contribution < 1.29 is 16.9 Å². The van der Waals surface area contributed by atoms with E-state index in [0.717, 1.165) is 6.42 Å². The molecule has 16 heavy (non-hydrogen) atoms. The van der Waals surface area contributed by atoms with Crippen molar-refractivity contribution in [2.24, 2.45) is 0 Å². The SMILES string of the molecule is C#CC(Cc1ccccc1)[N+](C)(C)C=C.[Cl-]. The summed E-state index contributed by atoms with van der Waals surface area (Å²) in [5, 5.41) is 0. The number of hydrogen-bond acceptors (Lipinski definition) is 0. The minimum absolute atomic E-state index is 0. The Hall–Kier alpha value is -1.23. The van der Waals surface area contributed by atoms with Crippen molar-refractivity contribution >= 4 is 0 Å². The van der Waals surface area contributed by atoms with E-state index in [1.54, 1.807) is 0 Å². The van der Waals surface area contributed by atoms with Crippen LogP contribution in [0.2, 0.25) is 0 Å². The Morgan fingerprint density at radius 3 is 2.38 bits per heavy atom. The standard InChI is InChI=1S/C14H18N.ClH/c1-5-14(15(3,4)6-2)12-13-10-8-7-9-11-13;/h1,6-11,14H,2,12H2,3-4H3;1H/q+1;/p-1. The number of halogens is 1. The molecule has 86 valence electrons. The molecular weight excluding hydrogens is 218 g/mol. The third-order valence-electron chi connectivity index (χ3n) is 2.74. The molecule has 1 aromatic carbocycles. The summed E-state index contributed by atoms with van der Waals surface area (Å²) in [6, 6.07) is 10.4. The van der Waals surface area contributed by atoms with Gasteiger partial charge in [0.25, 0.3) is 0 Å². The number of hydrogen-bond donors (Lipinski definition) is 0. The largest absolute Gasteiger partial charge is 1.00 e. The summed E-state index contributed by atoms with van der Waals surface area (Å²) >= 11 is 0. The van der Waals surface area contributed by atoms with Crippen LogP contribution < -0.4 is 12.4 Å². The van der Waals surface area contributed by atoms with Gasteiger partial charge in [-0.1, -0.05) is 30.3 Å². The molecule has 0 aliphatic heterocycles. The fourth-order valence-electron chi connectivity index (χ4n) is 1.45. The third kappa shape index (κ3) is 3.73. The van der Waals surface area contributed by atoms with Crippen LogP contribution in [0.1, 0.15) is 5.56 Å². The van der Waals surface area contributed by atoms with Crippen molar-refractivity contribution in [2.45, 2.75) is 12.5 Å². The maximum absolute atomic E-state index is 5.57. The Morgan fingerprint density at radius 1 is 1.38 bits per heavy atom. The van der Waals surface area contributed by atoms with E-state index in [0.29, 0.717) is 4.48 Å². The van der Waals surface area contributed by atoms with E-state index < -0.39 is 0 Å². The highest BCUT2D eigenvalue weighted by atomic mass is 35.5. The van der Waals surface area contributed by atoms with E-state index in [2.05, 4.69) is 38.7 Å². The van der Waals surface area contributed by atoms with Gasteiger partial charge in [0.2, 0.25) is 0 Å². The van der Waals surface area contributed by atoms with Crippen LogP contribution in [0.3, 0.4) is 0 Å². The smallest absolute Gasteiger partial charge is 0.158 e. The van der Waals surface area contributed by atoms with Crippen LogP contribution in [-0.2, 0) is 6.42 Å². The van der Waals surface area contributed by atoms with Gasteiger partial charge < -0.3 is 12.4 Å². The van der Waals surface area contributed by atoms with Gasteiger partial charge >= 0.3 is 0 Å². The van der Waals surface area contributed by atoms with Crippen molar-refractivity contribution in [3.8, 4) is 12.3 Å². The van der Waals surface area contributed by atoms with Crippen LogP contribution >= 0.6 is 0 Å². The van der Waals surface area contributed by atoms with Crippen molar-refractivity contribution in [2.75, 3.05) is 14.1 Å². The minimum atomic E-state index is 0. The zero-order chi connectivity index (χ0) is 11.3. The van der Waals surface area contributed by atoms with Crippen molar-refractivity contribution in [1.29, 1.82) is 0 Å². The van der Waals surface area contributed by atoms with Crippen LogP contribution in [-0.4, -0.2) is 24.6 Å². The van der Waals surface area contributed by atoms with Gasteiger partial charge in [-0.2, -0.15) is 0 Å². The maximum Gasteiger partial charge on any atom is 0.158 e. The molecule has 0 aromatic heterocycles. The van der Waals surface area contributed by atoms with Crippen LogP contribution in [0.5, 0.6) is 0 Å². The average Bonchev–Trinajstić information content (AvgIpc) is 2.27. The predicted octanol–water partition coefficient (Wildman–Crippen LogP) is -0.545. The molecule has 0 saturated carbocycles. The number of quaternary nitrogens is 1. The molecule has 2 heteroatoms. The number of benzene rings is 1. The highest BCUT2D eigenvalue weighted by Crippen LogP contribution is 2.13. The van der Waals surface area contributed by atoms with Crippen LogP contribution in [0, 0.1) is 12.3 Å². The number of nitrogens with zero attached hydrogens (tertiary/aromatic N) is 1. The molecule has 0 spiro atoms. The topological polar surface area (TPSA) is 0 Å². The lowest BCUT2D eigenvalue weighted by atomic mass is 10.0. The Labute approximate surface area is 105 Å². The molecule has 0 fully saturated rings. The zero-order valence-electron chi connectivity index (χ0n) is 9.86. The molecule has 0 heterocycles. The molecule has 1 aromatic rings. The lowest BCUT2D eigenvalue weighted by Crippen LogP contribution is -3.00. The molecule has 1 nitrogen and oxygen atoms in total. The van der Waals surface area contributed by atoms with Crippen LogP contribution in [0.25, 0.3) is 0 Å². The molecule has 1 rings (SSSR count). The number of likely N-dealkylation sites (N-methyl/N-ethyl adjacent to an activating group) is 1. The quantitative estimate of drug-likeness (QED) is 0.486. The van der Waals surface area contributed by atoms with E-state index in [9.17, 15) is 0 Å². The second kappa shape index (κ2) is 6.37. The Balaban J connectivity index is 0.00000225. The molecular formula is C14H18ClN. The first-order chi connectivity index (χ1) is 7.10. The normalized spacial score (nSPS) is 12.1. The van der Waals surface area contributed by atoms with Crippen LogP contribution in [0.15, 0.2) is 43.1 Å². The van der Waals surface area contributed by atoms with E-state index in [-0.39, 0.29) is 18.4 Å². The Morgan fingerprint density at radius 2 is 1.94 bits per heavy atom. The second-order valence-electron chi connectivity index (χ2n) is 4.18. The summed E-state index contributed by atoms with van der Waals surface area (Å²) in [4.78, 5) is 0. The van der Waals surface area contributed by atoms with E-state index in [1.165, 1.54) is 5.56 Å². The first-order valence-corrected chi connectivity index (χ1v) is 5.07. The number of rotatable bonds is 4. The summed E-state index contributed by atoms with van der Waals surface area (Å²) in [6.45, 7) is 3.82. The van der Waals surface area contributed by atoms with Gasteiger partial charge in [-0.3, -0.25) is 4.48 Å². The molecule has 1 unspecified atom stereocenters. The molecule has 0 radical (unpaired) electrons. The number of terminal acetylenes is 1. The lowest BCUT2D eigenvalue weighted by Gasteiger charge is -2.30. The fourth-order valence-corrected chi connectivity index (χ4v) is 1.45. The van der Waals surface area contributed by atoms with Gasteiger partial charge in [0, 0.05) is 6.42 Å². The second-order valence-corrected chi connectivity index (χ2v) is 4.18. The average molecular weight is 236 g/mol. The molecule has 0 saturated heterocycles. The van der Waals surface area contributed by atoms with Crippen molar-refractivity contribution in [3.63, 3.8) is 0 Å². The lowest BCUT2D eigenvalue weighted by molar-refractivity contribution is -0.856. The van der Waals surface area contributed by atoms with Gasteiger partial charge in [0.1, 0.15) is 0 Å².